The monoisotopic (exact) mass is 208 g/mol. The van der Waals surface area contributed by atoms with Crippen LogP contribution in [-0.2, 0) is 11.8 Å². The van der Waals surface area contributed by atoms with Gasteiger partial charge in [-0.1, -0.05) is 0 Å². The van der Waals surface area contributed by atoms with Crippen molar-refractivity contribution in [3.63, 3.8) is 0 Å². The number of aromatic nitrogens is 2. The van der Waals surface area contributed by atoms with E-state index < -0.39 is 5.54 Å². The van der Waals surface area contributed by atoms with Crippen molar-refractivity contribution in [3.05, 3.63) is 12.4 Å². The number of nitrogens with two attached hydrogens (primary N) is 1. The highest BCUT2D eigenvalue weighted by atomic mass is 16.2. The number of hydrogen-bond donors (Lipinski definition) is 2. The van der Waals surface area contributed by atoms with E-state index in [0.29, 0.717) is 11.6 Å². The number of aryl methyl sites for hydroxylation is 1. The number of anilines is 1. The lowest BCUT2D eigenvalue weighted by Crippen LogP contribution is -2.50. The minimum atomic E-state index is -0.754. The van der Waals surface area contributed by atoms with Crippen molar-refractivity contribution in [1.29, 1.82) is 0 Å². The quantitative estimate of drug-likeness (QED) is 0.759. The molecular formula is C10H16N4O. The minimum absolute atomic E-state index is 0.127. The summed E-state index contributed by atoms with van der Waals surface area (Å²) in [7, 11) is 1.80. The summed E-state index contributed by atoms with van der Waals surface area (Å²) in [6.07, 6.45) is 5.46. The molecule has 0 aromatic carbocycles. The molecule has 5 heteroatoms. The molecule has 1 unspecified atom stereocenters. The van der Waals surface area contributed by atoms with Gasteiger partial charge in [-0.2, -0.15) is 5.10 Å². The standard InChI is InChI=1S/C10H16N4O/c1-10(11,7-3-4-7)9(15)13-8-5-12-14(2)6-8/h5-7H,3-4,11H2,1-2H3,(H,13,15). The van der Waals surface area contributed by atoms with Crippen LogP contribution in [0.5, 0.6) is 0 Å². The largest absolute Gasteiger partial charge is 0.322 e. The topological polar surface area (TPSA) is 72.9 Å². The first-order chi connectivity index (χ1) is 7.00. The van der Waals surface area contributed by atoms with E-state index in [2.05, 4.69) is 10.4 Å². The number of nitrogens with one attached hydrogen (secondary N) is 1. The second-order valence-electron chi connectivity index (χ2n) is 4.41. The lowest BCUT2D eigenvalue weighted by molar-refractivity contribution is -0.121. The minimum Gasteiger partial charge on any atom is -0.322 e. The average molecular weight is 208 g/mol. The first kappa shape index (κ1) is 10.2. The van der Waals surface area contributed by atoms with Gasteiger partial charge in [0.25, 0.3) is 0 Å². The summed E-state index contributed by atoms with van der Waals surface area (Å²) < 4.78 is 1.64. The van der Waals surface area contributed by atoms with Gasteiger partial charge < -0.3 is 11.1 Å². The zero-order valence-electron chi connectivity index (χ0n) is 9.03. The van der Waals surface area contributed by atoms with Crippen LogP contribution in [0, 0.1) is 5.92 Å². The molecule has 1 fully saturated rings. The predicted molar refractivity (Wildman–Crippen MR) is 57.2 cm³/mol. The number of carbonyl (C=O) groups is 1. The molecule has 0 saturated heterocycles. The smallest absolute Gasteiger partial charge is 0.244 e. The van der Waals surface area contributed by atoms with Gasteiger partial charge in [0.1, 0.15) is 0 Å². The number of hydrogen-bond acceptors (Lipinski definition) is 3. The maximum Gasteiger partial charge on any atom is 0.244 e. The van der Waals surface area contributed by atoms with Crippen molar-refractivity contribution >= 4 is 11.6 Å². The molecule has 1 aliphatic rings. The molecule has 0 aliphatic heterocycles. The molecule has 2 rings (SSSR count). The Morgan fingerprint density at radius 1 is 1.73 bits per heavy atom. The van der Waals surface area contributed by atoms with E-state index >= 15 is 0 Å². The van der Waals surface area contributed by atoms with Crippen LogP contribution < -0.4 is 11.1 Å². The molecule has 0 radical (unpaired) electrons. The highest BCUT2D eigenvalue weighted by Gasteiger charge is 2.44. The van der Waals surface area contributed by atoms with Crippen LogP contribution in [0.15, 0.2) is 12.4 Å². The molecule has 1 atom stereocenters. The summed E-state index contributed by atoms with van der Waals surface area (Å²) in [5.41, 5.74) is 5.92. The third kappa shape index (κ3) is 2.02. The Balaban J connectivity index is 2.03. The molecule has 1 amide bonds. The number of nitrogens with zero attached hydrogens (tertiary/aromatic N) is 2. The van der Waals surface area contributed by atoms with Gasteiger partial charge in [-0.3, -0.25) is 9.48 Å². The summed E-state index contributed by atoms with van der Waals surface area (Å²) in [5.74, 6) is 0.201. The first-order valence-electron chi connectivity index (χ1n) is 5.09. The number of rotatable bonds is 3. The highest BCUT2D eigenvalue weighted by Crippen LogP contribution is 2.38. The van der Waals surface area contributed by atoms with Gasteiger partial charge in [-0.15, -0.1) is 0 Å². The van der Waals surface area contributed by atoms with Gasteiger partial charge in [-0.05, 0) is 25.7 Å². The fourth-order valence-corrected chi connectivity index (χ4v) is 1.62. The number of carbonyl (C=O) groups excluding carboxylic acids is 1. The zero-order chi connectivity index (χ0) is 11.1. The van der Waals surface area contributed by atoms with Crippen LogP contribution in [-0.4, -0.2) is 21.2 Å². The molecule has 3 N–H and O–H groups in total. The Morgan fingerprint density at radius 2 is 2.40 bits per heavy atom. The van der Waals surface area contributed by atoms with Gasteiger partial charge in [0.2, 0.25) is 5.91 Å². The second kappa shape index (κ2) is 3.34. The Hall–Kier alpha value is -1.36. The first-order valence-corrected chi connectivity index (χ1v) is 5.09. The van der Waals surface area contributed by atoms with Crippen molar-refractivity contribution in [2.45, 2.75) is 25.3 Å². The average Bonchev–Trinajstić information content (AvgIpc) is 2.92. The van der Waals surface area contributed by atoms with Gasteiger partial charge in [0, 0.05) is 13.2 Å². The number of amides is 1. The Morgan fingerprint density at radius 3 is 2.87 bits per heavy atom. The van der Waals surface area contributed by atoms with E-state index in [1.807, 2.05) is 0 Å². The lowest BCUT2D eigenvalue weighted by Gasteiger charge is -2.22. The van der Waals surface area contributed by atoms with Gasteiger partial charge in [0.05, 0.1) is 17.4 Å². The van der Waals surface area contributed by atoms with Crippen LogP contribution in [0.2, 0.25) is 0 Å². The SMILES string of the molecule is Cn1cc(NC(=O)C(C)(N)C2CC2)cn1. The van der Waals surface area contributed by atoms with Crippen molar-refractivity contribution < 1.29 is 4.79 Å². The van der Waals surface area contributed by atoms with E-state index in [1.54, 1.807) is 31.0 Å². The molecule has 0 bridgehead atoms. The molecule has 82 valence electrons. The van der Waals surface area contributed by atoms with E-state index in [9.17, 15) is 4.79 Å². The van der Waals surface area contributed by atoms with E-state index in [0.717, 1.165) is 12.8 Å². The summed E-state index contributed by atoms with van der Waals surface area (Å²) in [4.78, 5) is 11.9. The fourth-order valence-electron chi connectivity index (χ4n) is 1.62. The van der Waals surface area contributed by atoms with E-state index in [-0.39, 0.29) is 5.91 Å². The molecule has 15 heavy (non-hydrogen) atoms. The molecule has 1 aromatic heterocycles. The normalized spacial score (nSPS) is 19.7. The van der Waals surface area contributed by atoms with Crippen molar-refractivity contribution in [2.24, 2.45) is 18.7 Å². The van der Waals surface area contributed by atoms with Crippen LogP contribution in [0.25, 0.3) is 0 Å². The second-order valence-corrected chi connectivity index (χ2v) is 4.41. The summed E-state index contributed by atoms with van der Waals surface area (Å²) in [6, 6.07) is 0. The molecular weight excluding hydrogens is 192 g/mol. The van der Waals surface area contributed by atoms with Crippen molar-refractivity contribution in [3.8, 4) is 0 Å². The molecule has 1 aliphatic carbocycles. The van der Waals surface area contributed by atoms with Crippen LogP contribution >= 0.6 is 0 Å². The van der Waals surface area contributed by atoms with Crippen molar-refractivity contribution in [2.75, 3.05) is 5.32 Å². The predicted octanol–water partition coefficient (Wildman–Crippen LogP) is 0.486. The molecule has 1 saturated carbocycles. The van der Waals surface area contributed by atoms with Gasteiger partial charge in [0.15, 0.2) is 0 Å². The fraction of sp³-hybridized carbons (Fsp3) is 0.600. The Bertz CT molecular complexity index is 379. The molecule has 5 nitrogen and oxygen atoms in total. The van der Waals surface area contributed by atoms with Gasteiger partial charge >= 0.3 is 0 Å². The van der Waals surface area contributed by atoms with Crippen molar-refractivity contribution in [1.82, 2.24) is 9.78 Å². The van der Waals surface area contributed by atoms with E-state index in [4.69, 9.17) is 5.73 Å². The van der Waals surface area contributed by atoms with E-state index in [1.165, 1.54) is 0 Å². The van der Waals surface area contributed by atoms with Gasteiger partial charge in [-0.25, -0.2) is 0 Å². The highest BCUT2D eigenvalue weighted by molar-refractivity contribution is 5.97. The van der Waals surface area contributed by atoms with Crippen LogP contribution in [0.3, 0.4) is 0 Å². The summed E-state index contributed by atoms with van der Waals surface area (Å²) in [5, 5.41) is 6.75. The lowest BCUT2D eigenvalue weighted by atomic mass is 9.96. The maximum absolute atomic E-state index is 11.9. The molecule has 0 spiro atoms. The maximum atomic E-state index is 11.9. The Kier molecular flexibility index (Phi) is 2.26. The molecule has 1 aromatic rings. The summed E-state index contributed by atoms with van der Waals surface area (Å²) >= 11 is 0. The van der Waals surface area contributed by atoms with Crippen LogP contribution in [0.1, 0.15) is 19.8 Å². The molecule has 1 heterocycles. The third-order valence-corrected chi connectivity index (χ3v) is 2.88. The zero-order valence-corrected chi connectivity index (χ0v) is 9.03. The third-order valence-electron chi connectivity index (χ3n) is 2.88. The Labute approximate surface area is 88.6 Å². The van der Waals surface area contributed by atoms with Crippen LogP contribution in [0.4, 0.5) is 5.69 Å². The summed E-state index contributed by atoms with van der Waals surface area (Å²) in [6.45, 7) is 1.79.